The monoisotopic (exact) mass is 355 g/mol. The molecule has 0 radical (unpaired) electrons. The zero-order valence-corrected chi connectivity index (χ0v) is 13.8. The highest BCUT2D eigenvalue weighted by atomic mass is 16.5. The van der Waals surface area contributed by atoms with Crippen LogP contribution in [0.5, 0.6) is 0 Å². The van der Waals surface area contributed by atoms with Gasteiger partial charge in [-0.3, -0.25) is 4.57 Å². The molecule has 134 valence electrons. The molecule has 1 heterocycles. The van der Waals surface area contributed by atoms with Crippen LogP contribution in [0.2, 0.25) is 0 Å². The van der Waals surface area contributed by atoms with Crippen LogP contribution in [0.3, 0.4) is 0 Å². The van der Waals surface area contributed by atoms with Gasteiger partial charge in [0.1, 0.15) is 0 Å². The lowest BCUT2D eigenvalue weighted by atomic mass is 10.2. The van der Waals surface area contributed by atoms with Crippen LogP contribution in [-0.4, -0.2) is 23.2 Å². The number of benzene rings is 2. The number of fused-ring (bicyclic) bond motifs is 1. The van der Waals surface area contributed by atoms with Gasteiger partial charge in [0.15, 0.2) is 5.58 Å². The molecule has 0 spiro atoms. The maximum absolute atomic E-state index is 12.0. The fraction of sp³-hybridized carbons (Fsp3) is 0.167. The Balaban J connectivity index is 1.53. The normalized spacial score (nSPS) is 10.6. The van der Waals surface area contributed by atoms with E-state index in [0.29, 0.717) is 35.3 Å². The van der Waals surface area contributed by atoms with Gasteiger partial charge < -0.3 is 20.2 Å². The number of esters is 1. The van der Waals surface area contributed by atoms with Gasteiger partial charge in [0.25, 0.3) is 0 Å². The first-order valence-corrected chi connectivity index (χ1v) is 7.96. The number of aryl methyl sites for hydroxylation is 1. The van der Waals surface area contributed by atoms with Crippen LogP contribution >= 0.6 is 0 Å². The van der Waals surface area contributed by atoms with Gasteiger partial charge in [-0.2, -0.15) is 0 Å². The Kier molecular flexibility index (Phi) is 5.02. The van der Waals surface area contributed by atoms with E-state index in [0.717, 1.165) is 0 Å². The Labute approximate surface area is 148 Å². The number of carbonyl (C=O) groups excluding carboxylic acids is 2. The molecule has 3 aromatic rings. The Hall–Kier alpha value is -3.55. The molecular weight excluding hydrogens is 338 g/mol. The van der Waals surface area contributed by atoms with Crippen molar-refractivity contribution in [1.82, 2.24) is 4.57 Å². The number of hydrogen-bond acceptors (Lipinski definition) is 5. The molecule has 0 saturated heterocycles. The average molecular weight is 355 g/mol. The number of nitrogens with two attached hydrogens (primary N) is 1. The lowest BCUT2D eigenvalue weighted by Crippen LogP contribution is -2.19. The molecule has 0 unspecified atom stereocenters. The molecule has 2 aromatic carbocycles. The fourth-order valence-corrected chi connectivity index (χ4v) is 2.53. The van der Waals surface area contributed by atoms with E-state index < -0.39 is 17.8 Å². The number of ether oxygens (including phenoxy) is 1. The molecule has 3 N–H and O–H groups in total. The smallest absolute Gasteiger partial charge is 0.419 e. The van der Waals surface area contributed by atoms with Gasteiger partial charge in [0, 0.05) is 12.2 Å². The first-order valence-electron chi connectivity index (χ1n) is 7.96. The fourth-order valence-electron chi connectivity index (χ4n) is 2.53. The first kappa shape index (κ1) is 17.3. The Morgan fingerprint density at radius 1 is 1.12 bits per heavy atom. The minimum atomic E-state index is -0.678. The summed E-state index contributed by atoms with van der Waals surface area (Å²) in [6, 6.07) is 12.6. The number of rotatable bonds is 6. The van der Waals surface area contributed by atoms with Crippen LogP contribution < -0.4 is 16.8 Å². The van der Waals surface area contributed by atoms with Crippen molar-refractivity contribution in [3.8, 4) is 0 Å². The number of oxazole rings is 1. The van der Waals surface area contributed by atoms with Crippen molar-refractivity contribution < 1.29 is 18.7 Å². The number of anilines is 1. The lowest BCUT2D eigenvalue weighted by Gasteiger charge is -2.06. The van der Waals surface area contributed by atoms with E-state index in [1.807, 2.05) is 6.07 Å². The first-order chi connectivity index (χ1) is 12.5. The van der Waals surface area contributed by atoms with Crippen LogP contribution in [0.4, 0.5) is 10.5 Å². The maximum atomic E-state index is 12.0. The third-order valence-corrected chi connectivity index (χ3v) is 3.72. The van der Waals surface area contributed by atoms with Gasteiger partial charge in [-0.1, -0.05) is 12.1 Å². The van der Waals surface area contributed by atoms with Crippen LogP contribution in [-0.2, 0) is 11.3 Å². The topological polar surface area (TPSA) is 117 Å². The highest BCUT2D eigenvalue weighted by Gasteiger charge is 2.10. The van der Waals surface area contributed by atoms with Crippen molar-refractivity contribution in [3.05, 3.63) is 64.6 Å². The van der Waals surface area contributed by atoms with E-state index >= 15 is 0 Å². The molecule has 26 heavy (non-hydrogen) atoms. The summed E-state index contributed by atoms with van der Waals surface area (Å²) in [4.78, 5) is 34.6. The van der Waals surface area contributed by atoms with E-state index in [4.69, 9.17) is 14.9 Å². The largest absolute Gasteiger partial charge is 0.462 e. The highest BCUT2D eigenvalue weighted by molar-refractivity contribution is 5.91. The standard InChI is InChI=1S/C18H17N3O5/c19-17(23)20-13-8-6-12(7-9-13)16(22)25-11-3-10-21-14-4-1-2-5-15(14)26-18(21)24/h1-2,4-9H,3,10-11H2,(H3,19,20,23). The molecule has 0 fully saturated rings. The van der Waals surface area contributed by atoms with Crippen LogP contribution in [0.25, 0.3) is 11.1 Å². The van der Waals surface area contributed by atoms with E-state index in [9.17, 15) is 14.4 Å². The van der Waals surface area contributed by atoms with Crippen molar-refractivity contribution >= 4 is 28.8 Å². The molecule has 0 aliphatic rings. The minimum absolute atomic E-state index is 0.159. The summed E-state index contributed by atoms with van der Waals surface area (Å²) in [6.45, 7) is 0.538. The van der Waals surface area contributed by atoms with E-state index in [2.05, 4.69) is 5.32 Å². The predicted molar refractivity (Wildman–Crippen MR) is 95.0 cm³/mol. The van der Waals surface area contributed by atoms with Crippen molar-refractivity contribution in [1.29, 1.82) is 0 Å². The lowest BCUT2D eigenvalue weighted by molar-refractivity contribution is 0.0496. The number of nitrogens with zero attached hydrogens (tertiary/aromatic N) is 1. The van der Waals surface area contributed by atoms with Gasteiger partial charge in [0.2, 0.25) is 0 Å². The van der Waals surface area contributed by atoms with Gasteiger partial charge in [-0.15, -0.1) is 0 Å². The minimum Gasteiger partial charge on any atom is -0.462 e. The second kappa shape index (κ2) is 7.56. The molecule has 3 rings (SSSR count). The third kappa shape index (κ3) is 3.92. The summed E-state index contributed by atoms with van der Waals surface area (Å²) in [5.74, 6) is -0.921. The zero-order chi connectivity index (χ0) is 18.5. The molecular formula is C18H17N3O5. The summed E-state index contributed by atoms with van der Waals surface area (Å²) in [5.41, 5.74) is 7.09. The second-order valence-electron chi connectivity index (χ2n) is 5.54. The molecule has 1 aromatic heterocycles. The Morgan fingerprint density at radius 3 is 2.58 bits per heavy atom. The summed E-state index contributed by atoms with van der Waals surface area (Å²) in [7, 11) is 0. The average Bonchev–Trinajstić information content (AvgIpc) is 2.94. The van der Waals surface area contributed by atoms with E-state index in [1.165, 1.54) is 16.7 Å². The summed E-state index contributed by atoms with van der Waals surface area (Å²) < 4.78 is 11.9. The SMILES string of the molecule is NC(=O)Nc1ccc(C(=O)OCCCn2c(=O)oc3ccccc32)cc1. The third-order valence-electron chi connectivity index (χ3n) is 3.72. The van der Waals surface area contributed by atoms with Crippen molar-refractivity contribution in [2.75, 3.05) is 11.9 Å². The van der Waals surface area contributed by atoms with Gasteiger partial charge in [-0.25, -0.2) is 14.4 Å². The number of nitrogens with one attached hydrogen (secondary N) is 1. The second-order valence-corrected chi connectivity index (χ2v) is 5.54. The molecule has 0 aliphatic carbocycles. The van der Waals surface area contributed by atoms with Crippen molar-refractivity contribution in [2.24, 2.45) is 5.73 Å². The van der Waals surface area contributed by atoms with Crippen molar-refractivity contribution in [3.63, 3.8) is 0 Å². The molecule has 8 nitrogen and oxygen atoms in total. The van der Waals surface area contributed by atoms with Crippen LogP contribution in [0.15, 0.2) is 57.7 Å². The Morgan fingerprint density at radius 2 is 1.85 bits per heavy atom. The number of primary amides is 1. The zero-order valence-electron chi connectivity index (χ0n) is 13.8. The number of hydrogen-bond donors (Lipinski definition) is 2. The van der Waals surface area contributed by atoms with Gasteiger partial charge in [0.05, 0.1) is 17.7 Å². The molecule has 2 amide bonds. The van der Waals surface area contributed by atoms with Gasteiger partial charge >= 0.3 is 17.8 Å². The van der Waals surface area contributed by atoms with Crippen LogP contribution in [0, 0.1) is 0 Å². The number of urea groups is 1. The number of amides is 2. The summed E-state index contributed by atoms with van der Waals surface area (Å²) in [5, 5.41) is 2.40. The summed E-state index contributed by atoms with van der Waals surface area (Å²) >= 11 is 0. The Bertz CT molecular complexity index is 988. The summed E-state index contributed by atoms with van der Waals surface area (Å²) in [6.07, 6.45) is 0.469. The quantitative estimate of drug-likeness (QED) is 0.520. The number of para-hydroxylation sites is 2. The molecule has 0 bridgehead atoms. The molecule has 0 aliphatic heterocycles. The van der Waals surface area contributed by atoms with Crippen LogP contribution in [0.1, 0.15) is 16.8 Å². The predicted octanol–water partition coefficient (Wildman–Crippen LogP) is 2.33. The van der Waals surface area contributed by atoms with E-state index in [1.54, 1.807) is 30.3 Å². The molecule has 0 saturated carbocycles. The maximum Gasteiger partial charge on any atom is 0.419 e. The van der Waals surface area contributed by atoms with E-state index in [-0.39, 0.29) is 6.61 Å². The van der Waals surface area contributed by atoms with Crippen molar-refractivity contribution in [2.45, 2.75) is 13.0 Å². The van der Waals surface area contributed by atoms with Gasteiger partial charge in [-0.05, 0) is 42.8 Å². The number of aromatic nitrogens is 1. The molecule has 8 heteroatoms. The highest BCUT2D eigenvalue weighted by Crippen LogP contribution is 2.13. The molecule has 0 atom stereocenters. The number of carbonyl (C=O) groups is 2.